The van der Waals surface area contributed by atoms with Gasteiger partial charge in [-0.2, -0.15) is 0 Å². The monoisotopic (exact) mass is 263 g/mol. The van der Waals surface area contributed by atoms with E-state index in [4.69, 9.17) is 0 Å². The summed E-state index contributed by atoms with van der Waals surface area (Å²) >= 11 is 1.42. The van der Waals surface area contributed by atoms with E-state index in [2.05, 4.69) is 10.3 Å². The third-order valence-corrected chi connectivity index (χ3v) is 3.60. The van der Waals surface area contributed by atoms with Gasteiger partial charge in [-0.25, -0.2) is 4.98 Å². The Hall–Kier alpha value is -1.95. The highest BCUT2D eigenvalue weighted by Crippen LogP contribution is 2.21. The van der Waals surface area contributed by atoms with Gasteiger partial charge in [0.05, 0.1) is 5.69 Å². The van der Waals surface area contributed by atoms with Gasteiger partial charge in [0, 0.05) is 29.8 Å². The molecule has 1 amide bonds. The first kappa shape index (κ1) is 12.5. The van der Waals surface area contributed by atoms with Crippen LogP contribution >= 0.6 is 11.3 Å². The Bertz CT molecular complexity index is 638. The fraction of sp³-hybridized carbons (Fsp3) is 0.250. The Morgan fingerprint density at radius 2 is 2.17 bits per heavy atom. The van der Waals surface area contributed by atoms with E-state index in [9.17, 15) is 9.59 Å². The number of carbonyl (C=O) groups is 1. The highest BCUT2D eigenvalue weighted by Gasteiger charge is 2.10. The Balaban J connectivity index is 2.21. The highest BCUT2D eigenvalue weighted by molar-refractivity contribution is 7.15. The standard InChI is InChI=1S/C12H13N3O2S/c1-7-8(2)18-12(13-7)14-11(17)9-4-5-15(3)10(16)6-9/h4-6H,1-3H3,(H,13,14,17). The molecule has 0 saturated heterocycles. The molecule has 0 fully saturated rings. The molecule has 0 radical (unpaired) electrons. The van der Waals surface area contributed by atoms with Crippen LogP contribution in [0.15, 0.2) is 23.1 Å². The number of aryl methyl sites for hydroxylation is 3. The molecule has 0 spiro atoms. The van der Waals surface area contributed by atoms with Crippen LogP contribution in [0.1, 0.15) is 20.9 Å². The van der Waals surface area contributed by atoms with Crippen molar-refractivity contribution in [3.8, 4) is 0 Å². The molecule has 0 unspecified atom stereocenters. The number of rotatable bonds is 2. The third kappa shape index (κ3) is 2.48. The zero-order valence-corrected chi connectivity index (χ0v) is 11.2. The van der Waals surface area contributed by atoms with Crippen LogP contribution in [0, 0.1) is 13.8 Å². The minimum Gasteiger partial charge on any atom is -0.319 e. The van der Waals surface area contributed by atoms with E-state index >= 15 is 0 Å². The normalized spacial score (nSPS) is 10.4. The fourth-order valence-electron chi connectivity index (χ4n) is 1.39. The molecule has 0 atom stereocenters. The van der Waals surface area contributed by atoms with Crippen molar-refractivity contribution >= 4 is 22.4 Å². The maximum atomic E-state index is 11.9. The van der Waals surface area contributed by atoms with E-state index in [1.54, 1.807) is 19.3 Å². The first-order valence-corrected chi connectivity index (χ1v) is 6.21. The molecule has 0 saturated carbocycles. The summed E-state index contributed by atoms with van der Waals surface area (Å²) in [7, 11) is 1.64. The molecule has 2 aromatic rings. The van der Waals surface area contributed by atoms with E-state index in [1.165, 1.54) is 22.0 Å². The quantitative estimate of drug-likeness (QED) is 0.897. The third-order valence-electron chi connectivity index (χ3n) is 2.62. The van der Waals surface area contributed by atoms with Crippen LogP contribution in [0.3, 0.4) is 0 Å². The van der Waals surface area contributed by atoms with Crippen molar-refractivity contribution in [3.63, 3.8) is 0 Å². The lowest BCUT2D eigenvalue weighted by molar-refractivity contribution is 0.102. The number of carbonyl (C=O) groups excluding carboxylic acids is 1. The van der Waals surface area contributed by atoms with Gasteiger partial charge in [0.1, 0.15) is 0 Å². The lowest BCUT2D eigenvalue weighted by Crippen LogP contribution is -2.19. The molecular formula is C12H13N3O2S. The van der Waals surface area contributed by atoms with Crippen LogP contribution in [-0.2, 0) is 7.05 Å². The number of amides is 1. The van der Waals surface area contributed by atoms with Gasteiger partial charge in [0.25, 0.3) is 11.5 Å². The van der Waals surface area contributed by atoms with E-state index in [1.807, 2.05) is 13.8 Å². The minimum atomic E-state index is -0.318. The van der Waals surface area contributed by atoms with Gasteiger partial charge in [-0.3, -0.25) is 14.9 Å². The van der Waals surface area contributed by atoms with Gasteiger partial charge in [0.2, 0.25) is 0 Å². The minimum absolute atomic E-state index is 0.214. The molecule has 94 valence electrons. The Morgan fingerprint density at radius 1 is 1.44 bits per heavy atom. The lowest BCUT2D eigenvalue weighted by atomic mass is 10.2. The second kappa shape index (κ2) is 4.73. The van der Waals surface area contributed by atoms with Crippen LogP contribution < -0.4 is 10.9 Å². The number of nitrogens with zero attached hydrogens (tertiary/aromatic N) is 2. The van der Waals surface area contributed by atoms with Crippen molar-refractivity contribution in [2.75, 3.05) is 5.32 Å². The maximum Gasteiger partial charge on any atom is 0.257 e. The molecule has 2 aromatic heterocycles. The van der Waals surface area contributed by atoms with Crippen molar-refractivity contribution in [1.82, 2.24) is 9.55 Å². The van der Waals surface area contributed by atoms with Crippen LogP contribution in [0.5, 0.6) is 0 Å². The van der Waals surface area contributed by atoms with Gasteiger partial charge in [-0.1, -0.05) is 0 Å². The van der Waals surface area contributed by atoms with Gasteiger partial charge >= 0.3 is 0 Å². The Kier molecular flexibility index (Phi) is 3.29. The molecule has 0 aliphatic heterocycles. The number of hydrogen-bond acceptors (Lipinski definition) is 4. The van der Waals surface area contributed by atoms with Crippen LogP contribution in [0.4, 0.5) is 5.13 Å². The van der Waals surface area contributed by atoms with E-state index in [0.717, 1.165) is 10.6 Å². The summed E-state index contributed by atoms with van der Waals surface area (Å²) in [5.74, 6) is -0.318. The number of thiazole rings is 1. The van der Waals surface area contributed by atoms with Gasteiger partial charge in [-0.15, -0.1) is 11.3 Å². The summed E-state index contributed by atoms with van der Waals surface area (Å²) in [5.41, 5.74) is 1.03. The van der Waals surface area contributed by atoms with Crippen molar-refractivity contribution < 1.29 is 4.79 Å². The summed E-state index contributed by atoms with van der Waals surface area (Å²) in [6.45, 7) is 3.83. The molecule has 5 nitrogen and oxygen atoms in total. The van der Waals surface area contributed by atoms with E-state index in [-0.39, 0.29) is 11.5 Å². The second-order valence-corrected chi connectivity index (χ2v) is 5.18. The summed E-state index contributed by atoms with van der Waals surface area (Å²) in [6, 6.07) is 2.91. The SMILES string of the molecule is Cc1nc(NC(=O)c2ccn(C)c(=O)c2)sc1C. The summed E-state index contributed by atoms with van der Waals surface area (Å²) < 4.78 is 1.41. The molecule has 0 aromatic carbocycles. The van der Waals surface area contributed by atoms with Crippen molar-refractivity contribution in [2.24, 2.45) is 7.05 Å². The van der Waals surface area contributed by atoms with Crippen LogP contribution in [-0.4, -0.2) is 15.5 Å². The smallest absolute Gasteiger partial charge is 0.257 e. The summed E-state index contributed by atoms with van der Waals surface area (Å²) in [4.78, 5) is 28.6. The topological polar surface area (TPSA) is 64.0 Å². The van der Waals surface area contributed by atoms with Crippen molar-refractivity contribution in [2.45, 2.75) is 13.8 Å². The first-order chi connectivity index (χ1) is 8.47. The predicted octanol–water partition coefficient (Wildman–Crippen LogP) is 1.71. The average Bonchev–Trinajstić information content (AvgIpc) is 2.61. The molecule has 2 rings (SSSR count). The maximum absolute atomic E-state index is 11.9. The zero-order valence-electron chi connectivity index (χ0n) is 10.4. The predicted molar refractivity (Wildman–Crippen MR) is 71.2 cm³/mol. The molecule has 2 heterocycles. The zero-order chi connectivity index (χ0) is 13.3. The highest BCUT2D eigenvalue weighted by atomic mass is 32.1. The number of aromatic nitrogens is 2. The number of nitrogens with one attached hydrogen (secondary N) is 1. The molecule has 0 bridgehead atoms. The Labute approximate surface area is 108 Å². The second-order valence-electron chi connectivity index (χ2n) is 3.98. The number of hydrogen-bond donors (Lipinski definition) is 1. The molecular weight excluding hydrogens is 250 g/mol. The van der Waals surface area contributed by atoms with E-state index < -0.39 is 0 Å². The fourth-order valence-corrected chi connectivity index (χ4v) is 2.19. The van der Waals surface area contributed by atoms with Gasteiger partial charge in [-0.05, 0) is 19.9 Å². The molecule has 1 N–H and O–H groups in total. The lowest BCUT2D eigenvalue weighted by Gasteiger charge is -2.02. The Morgan fingerprint density at radius 3 is 2.72 bits per heavy atom. The molecule has 6 heteroatoms. The molecule has 0 aliphatic carbocycles. The van der Waals surface area contributed by atoms with Crippen molar-refractivity contribution in [3.05, 3.63) is 44.8 Å². The summed E-state index contributed by atoms with van der Waals surface area (Å²) in [5, 5.41) is 3.24. The number of anilines is 1. The van der Waals surface area contributed by atoms with Gasteiger partial charge < -0.3 is 4.57 Å². The van der Waals surface area contributed by atoms with Gasteiger partial charge in [0.15, 0.2) is 5.13 Å². The van der Waals surface area contributed by atoms with Crippen LogP contribution in [0.25, 0.3) is 0 Å². The first-order valence-electron chi connectivity index (χ1n) is 5.39. The van der Waals surface area contributed by atoms with Crippen molar-refractivity contribution in [1.29, 1.82) is 0 Å². The summed E-state index contributed by atoms with van der Waals surface area (Å²) in [6.07, 6.45) is 1.57. The van der Waals surface area contributed by atoms with E-state index in [0.29, 0.717) is 10.7 Å². The largest absolute Gasteiger partial charge is 0.319 e. The molecule has 18 heavy (non-hydrogen) atoms. The number of pyridine rings is 1. The average molecular weight is 263 g/mol. The molecule has 0 aliphatic rings. The van der Waals surface area contributed by atoms with Crippen LogP contribution in [0.2, 0.25) is 0 Å².